The highest BCUT2D eigenvalue weighted by molar-refractivity contribution is 6.32. The lowest BCUT2D eigenvalue weighted by molar-refractivity contribution is -0.771. The van der Waals surface area contributed by atoms with E-state index in [1.165, 1.54) is 0 Å². The van der Waals surface area contributed by atoms with E-state index in [9.17, 15) is 0 Å². The number of quaternary nitrogens is 1. The molecular weight excluding hydrogens is 131 g/mol. The number of hydrogen-bond donors (Lipinski definition) is 2. The fourth-order valence-electron chi connectivity index (χ4n) is 0.794. The third kappa shape index (κ3) is 1.11. The summed E-state index contributed by atoms with van der Waals surface area (Å²) in [5.41, 5.74) is 0.801. The molecule has 0 aromatic heterocycles. The zero-order valence-corrected chi connectivity index (χ0v) is 6.02. The van der Waals surface area contributed by atoms with E-state index < -0.39 is 7.25 Å². The van der Waals surface area contributed by atoms with Gasteiger partial charge in [-0.15, -0.1) is 5.10 Å². The zero-order chi connectivity index (χ0) is 7.78. The molecule has 1 unspecified atom stereocenters. The molecule has 0 aromatic carbocycles. The molecule has 0 aromatic rings. The molecule has 54 valence electrons. The van der Waals surface area contributed by atoms with E-state index >= 15 is 0 Å². The molecule has 1 aliphatic rings. The van der Waals surface area contributed by atoms with Crippen LogP contribution in [0.15, 0.2) is 17.4 Å². The number of rotatable bonds is 1. The highest BCUT2D eigenvalue weighted by Gasteiger charge is 2.40. The van der Waals surface area contributed by atoms with Gasteiger partial charge in [-0.2, -0.15) is 4.50 Å². The topological polar surface area (TPSA) is 52.8 Å². The molecule has 0 spiro atoms. The second-order valence-electron chi connectivity index (χ2n) is 2.50. The normalized spacial score (nSPS) is 30.6. The van der Waals surface area contributed by atoms with Crippen LogP contribution in [0.5, 0.6) is 0 Å². The van der Waals surface area contributed by atoms with Crippen molar-refractivity contribution in [3.63, 3.8) is 0 Å². The molecule has 2 N–H and O–H groups in total. The molecular formula is C5H10BN2O2+. The first kappa shape index (κ1) is 7.46. The Hall–Kier alpha value is -0.645. The number of hydrogen-bond acceptors (Lipinski definition) is 3. The van der Waals surface area contributed by atoms with Crippen LogP contribution in [-0.4, -0.2) is 34.6 Å². The van der Waals surface area contributed by atoms with Crippen molar-refractivity contribution in [1.29, 1.82) is 0 Å². The summed E-state index contributed by atoms with van der Waals surface area (Å²) in [5.74, 6) is 0. The monoisotopic (exact) mass is 141 g/mol. The Bertz CT molecular complexity index is 202. The van der Waals surface area contributed by atoms with E-state index in [2.05, 4.69) is 5.10 Å². The van der Waals surface area contributed by atoms with Gasteiger partial charge in [0, 0.05) is 6.08 Å². The minimum Gasteiger partial charge on any atom is -0.368 e. The van der Waals surface area contributed by atoms with Crippen LogP contribution in [0.4, 0.5) is 0 Å². The lowest BCUT2D eigenvalue weighted by Gasteiger charge is -2.17. The fourth-order valence-corrected chi connectivity index (χ4v) is 0.794. The molecule has 1 rings (SSSR count). The van der Waals surface area contributed by atoms with Gasteiger partial charge in [-0.1, -0.05) is 0 Å². The van der Waals surface area contributed by atoms with Crippen molar-refractivity contribution >= 4 is 13.0 Å². The average Bonchev–Trinajstić information content (AvgIpc) is 2.13. The maximum absolute atomic E-state index is 8.80. The van der Waals surface area contributed by atoms with E-state index in [-0.39, 0.29) is 4.50 Å². The van der Waals surface area contributed by atoms with E-state index in [1.807, 2.05) is 6.92 Å². The quantitative estimate of drug-likeness (QED) is 0.474. The van der Waals surface area contributed by atoms with Crippen molar-refractivity contribution in [3.8, 4) is 0 Å². The van der Waals surface area contributed by atoms with Crippen LogP contribution in [0.1, 0.15) is 6.92 Å². The van der Waals surface area contributed by atoms with Gasteiger partial charge in [0.2, 0.25) is 0 Å². The molecule has 0 radical (unpaired) electrons. The van der Waals surface area contributed by atoms with E-state index in [0.717, 1.165) is 5.71 Å². The van der Waals surface area contributed by atoms with Crippen LogP contribution in [-0.2, 0) is 0 Å². The molecule has 0 saturated carbocycles. The molecule has 0 fully saturated rings. The molecule has 4 nitrogen and oxygen atoms in total. The lowest BCUT2D eigenvalue weighted by Crippen LogP contribution is -2.46. The summed E-state index contributed by atoms with van der Waals surface area (Å²) in [6.45, 7) is 1.81. The van der Waals surface area contributed by atoms with Crippen LogP contribution < -0.4 is 0 Å². The van der Waals surface area contributed by atoms with Crippen LogP contribution in [0.3, 0.4) is 0 Å². The van der Waals surface area contributed by atoms with Gasteiger partial charge in [-0.05, 0) is 6.92 Å². The zero-order valence-electron chi connectivity index (χ0n) is 6.02. The van der Waals surface area contributed by atoms with Crippen molar-refractivity contribution in [1.82, 2.24) is 0 Å². The van der Waals surface area contributed by atoms with Gasteiger partial charge in [0.25, 0.3) is 0 Å². The second kappa shape index (κ2) is 2.19. The summed E-state index contributed by atoms with van der Waals surface area (Å²) >= 11 is 0. The SMILES string of the molecule is CC1=N[N+](C)(B(O)O)C=C1. The van der Waals surface area contributed by atoms with Gasteiger partial charge >= 0.3 is 7.25 Å². The molecule has 0 bridgehead atoms. The lowest BCUT2D eigenvalue weighted by atomic mass is 10.1. The van der Waals surface area contributed by atoms with Crippen LogP contribution in [0.25, 0.3) is 0 Å². The van der Waals surface area contributed by atoms with Crippen molar-refractivity contribution in [3.05, 3.63) is 12.3 Å². The predicted molar refractivity (Wildman–Crippen MR) is 38.6 cm³/mol. The first-order chi connectivity index (χ1) is 4.54. The Balaban J connectivity index is 2.84. The Morgan fingerprint density at radius 3 is 2.40 bits per heavy atom. The van der Waals surface area contributed by atoms with Crippen LogP contribution >= 0.6 is 0 Å². The predicted octanol–water partition coefficient (Wildman–Crippen LogP) is -0.694. The van der Waals surface area contributed by atoms with E-state index in [4.69, 9.17) is 10.0 Å². The highest BCUT2D eigenvalue weighted by atomic mass is 16.4. The third-order valence-corrected chi connectivity index (χ3v) is 1.46. The fraction of sp³-hybridized carbons (Fsp3) is 0.400. The average molecular weight is 141 g/mol. The molecule has 0 saturated heterocycles. The molecule has 10 heavy (non-hydrogen) atoms. The number of nitrogens with zero attached hydrogens (tertiary/aromatic N) is 2. The maximum Gasteiger partial charge on any atom is 0.786 e. The Kier molecular flexibility index (Phi) is 1.64. The first-order valence-corrected chi connectivity index (χ1v) is 3.03. The first-order valence-electron chi connectivity index (χ1n) is 3.03. The summed E-state index contributed by atoms with van der Waals surface area (Å²) < 4.78 is -0.189. The van der Waals surface area contributed by atoms with E-state index in [0.29, 0.717) is 0 Å². The van der Waals surface area contributed by atoms with Crippen molar-refractivity contribution in [2.45, 2.75) is 6.92 Å². The van der Waals surface area contributed by atoms with Crippen LogP contribution in [0.2, 0.25) is 0 Å². The van der Waals surface area contributed by atoms with Gasteiger partial charge in [0.1, 0.15) is 6.20 Å². The second-order valence-corrected chi connectivity index (χ2v) is 2.50. The van der Waals surface area contributed by atoms with Gasteiger partial charge in [0.05, 0.1) is 12.8 Å². The third-order valence-electron chi connectivity index (χ3n) is 1.46. The minimum absolute atomic E-state index is 0.189. The smallest absolute Gasteiger partial charge is 0.368 e. The van der Waals surface area contributed by atoms with Crippen molar-refractivity contribution < 1.29 is 14.6 Å². The molecule has 1 aliphatic heterocycles. The summed E-state index contributed by atoms with van der Waals surface area (Å²) in [4.78, 5) is 0. The Morgan fingerprint density at radius 2 is 2.20 bits per heavy atom. The molecule has 0 amide bonds. The summed E-state index contributed by atoms with van der Waals surface area (Å²) in [7, 11) is 0.145. The van der Waals surface area contributed by atoms with E-state index in [1.54, 1.807) is 19.3 Å². The Morgan fingerprint density at radius 1 is 1.60 bits per heavy atom. The maximum atomic E-state index is 8.80. The largest absolute Gasteiger partial charge is 0.786 e. The summed E-state index contributed by atoms with van der Waals surface area (Å²) in [6, 6.07) is 0. The van der Waals surface area contributed by atoms with Gasteiger partial charge in [-0.3, -0.25) is 0 Å². The standard InChI is InChI=1S/C5H10BN2O2/c1-5-3-4-8(2,7-5)6(9)10/h3-4,9-10H,1-2H3/q+1. The molecule has 1 atom stereocenters. The van der Waals surface area contributed by atoms with Crippen molar-refractivity contribution in [2.75, 3.05) is 7.05 Å². The summed E-state index contributed by atoms with van der Waals surface area (Å²) in [5, 5.41) is 21.6. The number of allylic oxidation sites excluding steroid dienone is 1. The molecule has 0 aliphatic carbocycles. The Labute approximate surface area is 59.8 Å². The highest BCUT2D eigenvalue weighted by Crippen LogP contribution is 2.12. The van der Waals surface area contributed by atoms with Crippen molar-refractivity contribution in [2.24, 2.45) is 5.10 Å². The molecule has 5 heteroatoms. The molecule has 1 heterocycles. The van der Waals surface area contributed by atoms with Gasteiger partial charge in [0.15, 0.2) is 0 Å². The minimum atomic E-state index is -1.46. The van der Waals surface area contributed by atoms with Gasteiger partial charge in [-0.25, -0.2) is 0 Å². The summed E-state index contributed by atoms with van der Waals surface area (Å²) in [6.07, 6.45) is 3.37. The van der Waals surface area contributed by atoms with Crippen LogP contribution in [0, 0.1) is 0 Å². The van der Waals surface area contributed by atoms with Gasteiger partial charge < -0.3 is 10.0 Å².